The van der Waals surface area contributed by atoms with E-state index in [0.717, 1.165) is 19.4 Å². The summed E-state index contributed by atoms with van der Waals surface area (Å²) in [6.07, 6.45) is 1.92. The van der Waals surface area contributed by atoms with Crippen LogP contribution < -0.4 is 16.4 Å². The van der Waals surface area contributed by atoms with Crippen LogP contribution in [0.4, 0.5) is 10.9 Å². The van der Waals surface area contributed by atoms with Gasteiger partial charge < -0.3 is 16.4 Å². The Balaban J connectivity index is 2.65. The van der Waals surface area contributed by atoms with Gasteiger partial charge in [0.2, 0.25) is 0 Å². The van der Waals surface area contributed by atoms with Crippen LogP contribution in [0, 0.1) is 0 Å². The molecule has 0 saturated carbocycles. The molecule has 5 nitrogen and oxygen atoms in total. The third-order valence-electron chi connectivity index (χ3n) is 1.92. The number of anilines is 2. The summed E-state index contributed by atoms with van der Waals surface area (Å²) in [5.41, 5.74) is 5.68. The van der Waals surface area contributed by atoms with Crippen molar-refractivity contribution in [2.24, 2.45) is 0 Å². The zero-order valence-corrected chi connectivity index (χ0v) is 10.5. The molecule has 16 heavy (non-hydrogen) atoms. The Kier molecular flexibility index (Phi) is 5.04. The first kappa shape index (κ1) is 12.8. The summed E-state index contributed by atoms with van der Waals surface area (Å²) in [6.45, 7) is 5.57. The van der Waals surface area contributed by atoms with Gasteiger partial charge in [-0.15, -0.1) is 0 Å². The van der Waals surface area contributed by atoms with Gasteiger partial charge in [-0.25, -0.2) is 4.98 Å². The summed E-state index contributed by atoms with van der Waals surface area (Å²) < 4.78 is 0. The van der Waals surface area contributed by atoms with Crippen LogP contribution in [0.3, 0.4) is 0 Å². The first-order chi connectivity index (χ1) is 7.69. The van der Waals surface area contributed by atoms with Crippen LogP contribution in [0.2, 0.25) is 0 Å². The van der Waals surface area contributed by atoms with Crippen molar-refractivity contribution in [2.75, 3.05) is 24.1 Å². The predicted molar refractivity (Wildman–Crippen MR) is 67.9 cm³/mol. The summed E-state index contributed by atoms with van der Waals surface area (Å²) in [4.78, 5) is 16.3. The topological polar surface area (TPSA) is 80.0 Å². The largest absolute Gasteiger partial charge is 0.382 e. The lowest BCUT2D eigenvalue weighted by Gasteiger charge is -2.00. The smallest absolute Gasteiger partial charge is 0.265 e. The number of thiazole rings is 1. The minimum Gasteiger partial charge on any atom is -0.382 e. The monoisotopic (exact) mass is 242 g/mol. The van der Waals surface area contributed by atoms with E-state index in [-0.39, 0.29) is 5.91 Å². The Bertz CT molecular complexity index is 351. The van der Waals surface area contributed by atoms with Crippen LogP contribution in [-0.2, 0) is 0 Å². The Hall–Kier alpha value is -1.30. The molecule has 4 N–H and O–H groups in total. The molecule has 1 aromatic heterocycles. The highest BCUT2D eigenvalue weighted by Crippen LogP contribution is 2.24. The number of rotatable bonds is 6. The van der Waals surface area contributed by atoms with Gasteiger partial charge >= 0.3 is 0 Å². The Morgan fingerprint density at radius 3 is 2.69 bits per heavy atom. The minimum absolute atomic E-state index is 0.138. The molecule has 1 rings (SSSR count). The van der Waals surface area contributed by atoms with Crippen LogP contribution in [0.15, 0.2) is 0 Å². The predicted octanol–water partition coefficient (Wildman–Crippen LogP) is 1.69. The summed E-state index contributed by atoms with van der Waals surface area (Å²) in [7, 11) is 0. The minimum atomic E-state index is -0.138. The van der Waals surface area contributed by atoms with Crippen molar-refractivity contribution in [1.29, 1.82) is 0 Å². The van der Waals surface area contributed by atoms with Crippen LogP contribution >= 0.6 is 11.3 Å². The molecule has 90 valence electrons. The van der Waals surface area contributed by atoms with Crippen LogP contribution in [0.1, 0.15) is 36.4 Å². The third kappa shape index (κ3) is 3.37. The highest BCUT2D eigenvalue weighted by Gasteiger charge is 2.15. The van der Waals surface area contributed by atoms with Crippen molar-refractivity contribution >= 4 is 28.2 Å². The molecule has 0 aliphatic carbocycles. The van der Waals surface area contributed by atoms with E-state index < -0.39 is 0 Å². The summed E-state index contributed by atoms with van der Waals surface area (Å²) in [5.74, 6) is 0.165. The van der Waals surface area contributed by atoms with Gasteiger partial charge in [-0.1, -0.05) is 25.2 Å². The molecule has 1 heterocycles. The van der Waals surface area contributed by atoms with Gasteiger partial charge in [-0.3, -0.25) is 4.79 Å². The van der Waals surface area contributed by atoms with E-state index in [1.54, 1.807) is 0 Å². The molecule has 0 atom stereocenters. The fourth-order valence-corrected chi connectivity index (χ4v) is 1.95. The van der Waals surface area contributed by atoms with Crippen LogP contribution in [0.25, 0.3) is 0 Å². The standard InChI is InChI=1S/C10H18N4OS/c1-3-5-12-9(15)7-8(11)14-10(16-7)13-6-4-2/h3-6,11H2,1-2H3,(H,12,15)(H,13,14). The summed E-state index contributed by atoms with van der Waals surface area (Å²) >= 11 is 1.30. The number of aromatic nitrogens is 1. The SMILES string of the molecule is CCCNC(=O)c1sc(NCCC)nc1N. The van der Waals surface area contributed by atoms with E-state index in [0.29, 0.717) is 22.4 Å². The first-order valence-corrected chi connectivity index (χ1v) is 6.29. The molecule has 0 unspecified atom stereocenters. The molecular formula is C10H18N4OS. The fraction of sp³-hybridized carbons (Fsp3) is 0.600. The fourth-order valence-electron chi connectivity index (χ4n) is 1.12. The zero-order valence-electron chi connectivity index (χ0n) is 9.67. The molecule has 6 heteroatoms. The quantitative estimate of drug-likeness (QED) is 0.709. The maximum Gasteiger partial charge on any atom is 0.265 e. The molecule has 0 aromatic carbocycles. The number of hydrogen-bond donors (Lipinski definition) is 3. The number of carbonyl (C=O) groups is 1. The lowest BCUT2D eigenvalue weighted by molar-refractivity contribution is 0.0958. The lowest BCUT2D eigenvalue weighted by Crippen LogP contribution is -2.23. The normalized spacial score (nSPS) is 10.1. The zero-order chi connectivity index (χ0) is 12.0. The number of carbonyl (C=O) groups excluding carboxylic acids is 1. The van der Waals surface area contributed by atoms with Crippen LogP contribution in [-0.4, -0.2) is 24.0 Å². The lowest BCUT2D eigenvalue weighted by atomic mass is 10.4. The number of amides is 1. The first-order valence-electron chi connectivity index (χ1n) is 5.47. The molecule has 0 aliphatic heterocycles. The van der Waals surface area contributed by atoms with E-state index in [1.165, 1.54) is 11.3 Å². The third-order valence-corrected chi connectivity index (χ3v) is 2.95. The average molecular weight is 242 g/mol. The second kappa shape index (κ2) is 6.32. The Morgan fingerprint density at radius 2 is 2.06 bits per heavy atom. The van der Waals surface area contributed by atoms with Gasteiger partial charge in [-0.2, -0.15) is 0 Å². The average Bonchev–Trinajstić information content (AvgIpc) is 2.64. The summed E-state index contributed by atoms with van der Waals surface area (Å²) in [5, 5.41) is 6.61. The number of nitrogens with two attached hydrogens (primary N) is 1. The second-order valence-electron chi connectivity index (χ2n) is 3.42. The molecule has 0 aliphatic rings. The van der Waals surface area contributed by atoms with E-state index in [9.17, 15) is 4.79 Å². The summed E-state index contributed by atoms with van der Waals surface area (Å²) in [6, 6.07) is 0. The molecular weight excluding hydrogens is 224 g/mol. The molecule has 0 saturated heterocycles. The van der Waals surface area contributed by atoms with Gasteiger partial charge in [0.15, 0.2) is 5.13 Å². The van der Waals surface area contributed by atoms with E-state index in [2.05, 4.69) is 22.5 Å². The maximum atomic E-state index is 11.7. The maximum absolute atomic E-state index is 11.7. The van der Waals surface area contributed by atoms with Crippen molar-refractivity contribution in [3.63, 3.8) is 0 Å². The number of nitrogens with zero attached hydrogens (tertiary/aromatic N) is 1. The second-order valence-corrected chi connectivity index (χ2v) is 4.42. The highest BCUT2D eigenvalue weighted by atomic mass is 32.1. The van der Waals surface area contributed by atoms with E-state index in [1.807, 2.05) is 6.92 Å². The van der Waals surface area contributed by atoms with Gasteiger partial charge in [0.1, 0.15) is 10.7 Å². The molecule has 0 spiro atoms. The highest BCUT2D eigenvalue weighted by molar-refractivity contribution is 7.18. The van der Waals surface area contributed by atoms with Crippen molar-refractivity contribution < 1.29 is 4.79 Å². The van der Waals surface area contributed by atoms with Crippen LogP contribution in [0.5, 0.6) is 0 Å². The van der Waals surface area contributed by atoms with Gasteiger partial charge in [-0.05, 0) is 12.8 Å². The number of hydrogen-bond acceptors (Lipinski definition) is 5. The van der Waals surface area contributed by atoms with E-state index in [4.69, 9.17) is 5.73 Å². The number of nitrogen functional groups attached to an aromatic ring is 1. The molecule has 0 fully saturated rings. The van der Waals surface area contributed by atoms with Gasteiger partial charge in [0.25, 0.3) is 5.91 Å². The Morgan fingerprint density at radius 1 is 1.38 bits per heavy atom. The molecule has 1 amide bonds. The van der Waals surface area contributed by atoms with Crippen molar-refractivity contribution in [1.82, 2.24) is 10.3 Å². The Labute approximate surface area is 99.4 Å². The van der Waals surface area contributed by atoms with Crippen molar-refractivity contribution in [3.05, 3.63) is 4.88 Å². The molecule has 0 radical (unpaired) electrons. The van der Waals surface area contributed by atoms with Gasteiger partial charge in [0, 0.05) is 13.1 Å². The number of nitrogens with one attached hydrogen (secondary N) is 2. The van der Waals surface area contributed by atoms with Crippen molar-refractivity contribution in [2.45, 2.75) is 26.7 Å². The molecule has 0 bridgehead atoms. The van der Waals surface area contributed by atoms with Crippen molar-refractivity contribution in [3.8, 4) is 0 Å². The molecule has 1 aromatic rings. The van der Waals surface area contributed by atoms with E-state index >= 15 is 0 Å². The van der Waals surface area contributed by atoms with Gasteiger partial charge in [0.05, 0.1) is 0 Å².